The molecule has 0 fully saturated rings. The minimum absolute atomic E-state index is 0.233. The summed E-state index contributed by atoms with van der Waals surface area (Å²) in [5, 5.41) is 6.67. The predicted molar refractivity (Wildman–Crippen MR) is 105 cm³/mol. The summed E-state index contributed by atoms with van der Waals surface area (Å²) in [5.41, 5.74) is 2.12. The molecule has 6 heteroatoms. The van der Waals surface area contributed by atoms with Crippen LogP contribution in [-0.4, -0.2) is 17.4 Å². The average molecular weight is 384 g/mol. The Morgan fingerprint density at radius 1 is 1.04 bits per heavy atom. The van der Waals surface area contributed by atoms with E-state index >= 15 is 0 Å². The molecule has 0 atom stereocenters. The minimum Gasteiger partial charge on any atom is -0.366 e. The number of nitrogens with one attached hydrogen (secondary N) is 2. The van der Waals surface area contributed by atoms with E-state index in [2.05, 4.69) is 15.6 Å². The number of pyridine rings is 1. The molecule has 0 radical (unpaired) electrons. The normalized spacial score (nSPS) is 10.4. The number of carbonyl (C=O) groups excluding carboxylic acids is 1. The zero-order chi connectivity index (χ0) is 19.1. The van der Waals surface area contributed by atoms with Crippen molar-refractivity contribution in [1.29, 1.82) is 0 Å². The Hall–Kier alpha value is -2.92. The number of rotatable bonds is 7. The standard InChI is InChI=1S/C21H19ClFN3O/c22-18-8-5-15(6-9-18)13-25-20-10-7-17(14-26-20)21(27)24-12-11-16-3-1-2-4-19(16)23/h1-10,14H,11-13H2,(H,24,27)(H,25,26). The van der Waals surface area contributed by atoms with Gasteiger partial charge in [0.15, 0.2) is 0 Å². The van der Waals surface area contributed by atoms with Crippen LogP contribution in [0.25, 0.3) is 0 Å². The summed E-state index contributed by atoms with van der Waals surface area (Å²) in [5.74, 6) is 0.181. The largest absolute Gasteiger partial charge is 0.366 e. The summed E-state index contributed by atoms with van der Waals surface area (Å²) >= 11 is 5.87. The number of benzene rings is 2. The number of carbonyl (C=O) groups is 1. The third kappa shape index (κ3) is 5.53. The van der Waals surface area contributed by atoms with Crippen molar-refractivity contribution in [3.05, 3.63) is 94.4 Å². The number of hydrogen-bond acceptors (Lipinski definition) is 3. The highest BCUT2D eigenvalue weighted by Gasteiger charge is 2.07. The van der Waals surface area contributed by atoms with E-state index in [1.165, 1.54) is 12.3 Å². The van der Waals surface area contributed by atoms with Gasteiger partial charge in [0.05, 0.1) is 5.56 Å². The maximum absolute atomic E-state index is 13.6. The molecule has 0 unspecified atom stereocenters. The van der Waals surface area contributed by atoms with Gasteiger partial charge in [0.1, 0.15) is 11.6 Å². The predicted octanol–water partition coefficient (Wildman–Crippen LogP) is 4.46. The van der Waals surface area contributed by atoms with E-state index in [0.29, 0.717) is 41.5 Å². The van der Waals surface area contributed by atoms with Crippen LogP contribution in [0.2, 0.25) is 5.02 Å². The quantitative estimate of drug-likeness (QED) is 0.633. The lowest BCUT2D eigenvalue weighted by Crippen LogP contribution is -2.26. The smallest absolute Gasteiger partial charge is 0.252 e. The third-order valence-electron chi connectivity index (χ3n) is 4.05. The fourth-order valence-electron chi connectivity index (χ4n) is 2.54. The van der Waals surface area contributed by atoms with Crippen LogP contribution in [0, 0.1) is 5.82 Å². The second-order valence-electron chi connectivity index (χ2n) is 6.01. The molecular weight excluding hydrogens is 365 g/mol. The van der Waals surface area contributed by atoms with Crippen molar-refractivity contribution < 1.29 is 9.18 Å². The lowest BCUT2D eigenvalue weighted by molar-refractivity contribution is 0.0953. The summed E-state index contributed by atoms with van der Waals surface area (Å²) in [6.45, 7) is 0.967. The van der Waals surface area contributed by atoms with Crippen LogP contribution < -0.4 is 10.6 Å². The Kier molecular flexibility index (Phi) is 6.39. The van der Waals surface area contributed by atoms with Gasteiger partial charge in [-0.05, 0) is 47.9 Å². The molecule has 2 aromatic carbocycles. The summed E-state index contributed by atoms with van der Waals surface area (Å²) in [7, 11) is 0. The van der Waals surface area contributed by atoms with E-state index in [9.17, 15) is 9.18 Å². The Bertz CT molecular complexity index is 898. The van der Waals surface area contributed by atoms with E-state index in [1.54, 1.807) is 30.3 Å². The van der Waals surface area contributed by atoms with Crippen molar-refractivity contribution in [2.45, 2.75) is 13.0 Å². The molecule has 3 rings (SSSR count). The molecule has 1 heterocycles. The van der Waals surface area contributed by atoms with Crippen LogP contribution in [0.5, 0.6) is 0 Å². The highest BCUT2D eigenvalue weighted by atomic mass is 35.5. The van der Waals surface area contributed by atoms with Crippen molar-refractivity contribution in [1.82, 2.24) is 10.3 Å². The Morgan fingerprint density at radius 2 is 1.81 bits per heavy atom. The van der Waals surface area contributed by atoms with Gasteiger partial charge in [-0.25, -0.2) is 9.37 Å². The SMILES string of the molecule is O=C(NCCc1ccccc1F)c1ccc(NCc2ccc(Cl)cc2)nc1. The first-order chi connectivity index (χ1) is 13.1. The Balaban J connectivity index is 1.48. The monoisotopic (exact) mass is 383 g/mol. The molecule has 0 aliphatic rings. The Morgan fingerprint density at radius 3 is 2.52 bits per heavy atom. The van der Waals surface area contributed by atoms with Gasteiger partial charge in [-0.3, -0.25) is 4.79 Å². The van der Waals surface area contributed by atoms with Gasteiger partial charge >= 0.3 is 0 Å². The zero-order valence-electron chi connectivity index (χ0n) is 14.6. The third-order valence-corrected chi connectivity index (χ3v) is 4.30. The molecule has 0 saturated carbocycles. The van der Waals surface area contributed by atoms with Crippen LogP contribution in [-0.2, 0) is 13.0 Å². The summed E-state index contributed by atoms with van der Waals surface area (Å²) in [6, 6.07) is 17.5. The number of nitrogens with zero attached hydrogens (tertiary/aromatic N) is 1. The van der Waals surface area contributed by atoms with Crippen molar-refractivity contribution in [3.63, 3.8) is 0 Å². The molecule has 0 saturated heterocycles. The lowest BCUT2D eigenvalue weighted by Gasteiger charge is -2.08. The number of halogens is 2. The number of aromatic nitrogens is 1. The van der Waals surface area contributed by atoms with Crippen LogP contribution in [0.15, 0.2) is 66.9 Å². The van der Waals surface area contributed by atoms with E-state index in [4.69, 9.17) is 11.6 Å². The van der Waals surface area contributed by atoms with Crippen molar-refractivity contribution in [3.8, 4) is 0 Å². The fourth-order valence-corrected chi connectivity index (χ4v) is 2.67. The molecule has 0 aliphatic carbocycles. The molecule has 3 aromatic rings. The molecular formula is C21H19ClFN3O. The second-order valence-corrected chi connectivity index (χ2v) is 6.45. The number of amides is 1. The molecule has 1 amide bonds. The molecule has 4 nitrogen and oxygen atoms in total. The molecule has 138 valence electrons. The van der Waals surface area contributed by atoms with Gasteiger partial charge in [0.2, 0.25) is 0 Å². The molecule has 27 heavy (non-hydrogen) atoms. The first-order valence-corrected chi connectivity index (χ1v) is 8.95. The second kappa shape index (κ2) is 9.14. The van der Waals surface area contributed by atoms with E-state index in [1.807, 2.05) is 24.3 Å². The van der Waals surface area contributed by atoms with Crippen LogP contribution in [0.3, 0.4) is 0 Å². The summed E-state index contributed by atoms with van der Waals surface area (Å²) < 4.78 is 13.6. The number of anilines is 1. The Labute approximate surface area is 162 Å². The fraction of sp³-hybridized carbons (Fsp3) is 0.143. The van der Waals surface area contributed by atoms with E-state index < -0.39 is 0 Å². The molecule has 0 spiro atoms. The van der Waals surface area contributed by atoms with Gasteiger partial charge in [0, 0.05) is 24.3 Å². The van der Waals surface area contributed by atoms with Crippen molar-refractivity contribution in [2.75, 3.05) is 11.9 Å². The first-order valence-electron chi connectivity index (χ1n) is 8.58. The number of hydrogen-bond donors (Lipinski definition) is 2. The maximum atomic E-state index is 13.6. The zero-order valence-corrected chi connectivity index (χ0v) is 15.3. The molecule has 0 bridgehead atoms. The molecule has 1 aromatic heterocycles. The summed E-state index contributed by atoms with van der Waals surface area (Å²) in [4.78, 5) is 16.4. The minimum atomic E-state index is -0.260. The molecule has 0 aliphatic heterocycles. The van der Waals surface area contributed by atoms with Crippen LogP contribution in [0.4, 0.5) is 10.2 Å². The van der Waals surface area contributed by atoms with Gasteiger partial charge in [-0.1, -0.05) is 41.9 Å². The lowest BCUT2D eigenvalue weighted by atomic mass is 10.1. The van der Waals surface area contributed by atoms with Gasteiger partial charge in [-0.15, -0.1) is 0 Å². The first kappa shape index (κ1) is 18.9. The highest BCUT2D eigenvalue weighted by Crippen LogP contribution is 2.12. The van der Waals surface area contributed by atoms with Gasteiger partial charge < -0.3 is 10.6 Å². The topological polar surface area (TPSA) is 54.0 Å². The molecule has 2 N–H and O–H groups in total. The average Bonchev–Trinajstić information content (AvgIpc) is 2.69. The van der Waals surface area contributed by atoms with Crippen molar-refractivity contribution >= 4 is 23.3 Å². The highest BCUT2D eigenvalue weighted by molar-refractivity contribution is 6.30. The maximum Gasteiger partial charge on any atom is 0.252 e. The van der Waals surface area contributed by atoms with Crippen molar-refractivity contribution in [2.24, 2.45) is 0 Å². The van der Waals surface area contributed by atoms with Gasteiger partial charge in [-0.2, -0.15) is 0 Å². The summed E-state index contributed by atoms with van der Waals surface area (Å²) in [6.07, 6.45) is 1.95. The van der Waals surface area contributed by atoms with E-state index in [0.717, 1.165) is 5.56 Å². The van der Waals surface area contributed by atoms with Gasteiger partial charge in [0.25, 0.3) is 5.91 Å². The van der Waals surface area contributed by atoms with Crippen LogP contribution in [0.1, 0.15) is 21.5 Å². The van der Waals surface area contributed by atoms with Crippen LogP contribution >= 0.6 is 11.6 Å². The van der Waals surface area contributed by atoms with E-state index in [-0.39, 0.29) is 11.7 Å².